The van der Waals surface area contributed by atoms with Crippen molar-refractivity contribution >= 4 is 12.6 Å². The van der Waals surface area contributed by atoms with Gasteiger partial charge in [0.1, 0.15) is 0 Å². The predicted octanol–water partition coefficient (Wildman–Crippen LogP) is 0.579. The number of aromatic nitrogens is 2. The molecule has 0 amide bonds. The molecule has 0 spiro atoms. The molecule has 22 heavy (non-hydrogen) atoms. The average molecular weight is 292 g/mol. The van der Waals surface area contributed by atoms with Gasteiger partial charge in [0.25, 0.3) is 5.56 Å². The summed E-state index contributed by atoms with van der Waals surface area (Å²) in [5.41, 5.74) is 1.36. The second-order valence-electron chi connectivity index (χ2n) is 4.78. The Bertz CT molecular complexity index is 833. The lowest BCUT2D eigenvalue weighted by Gasteiger charge is -2.11. The summed E-state index contributed by atoms with van der Waals surface area (Å²) >= 11 is 0. The third kappa shape index (κ3) is 2.70. The van der Waals surface area contributed by atoms with Gasteiger partial charge < -0.3 is 10.0 Å². The molecule has 0 saturated heterocycles. The molecule has 0 saturated carbocycles. The van der Waals surface area contributed by atoms with Gasteiger partial charge >= 0.3 is 7.12 Å². The summed E-state index contributed by atoms with van der Waals surface area (Å²) < 4.78 is 1.39. The number of pyridine rings is 2. The van der Waals surface area contributed by atoms with Crippen molar-refractivity contribution in [3.8, 4) is 16.9 Å². The van der Waals surface area contributed by atoms with E-state index in [1.165, 1.54) is 10.6 Å². The smallest absolute Gasteiger partial charge is 0.423 e. The predicted molar refractivity (Wildman–Crippen MR) is 85.1 cm³/mol. The van der Waals surface area contributed by atoms with Crippen molar-refractivity contribution in [2.45, 2.75) is 0 Å². The van der Waals surface area contributed by atoms with Gasteiger partial charge in [-0.3, -0.25) is 14.3 Å². The van der Waals surface area contributed by atoms with Crippen molar-refractivity contribution in [3.05, 3.63) is 77.3 Å². The number of hydrogen-bond donors (Lipinski definition) is 2. The summed E-state index contributed by atoms with van der Waals surface area (Å²) in [7, 11) is -1.84. The van der Waals surface area contributed by atoms with E-state index < -0.39 is 12.7 Å². The third-order valence-electron chi connectivity index (χ3n) is 3.32. The minimum absolute atomic E-state index is 0.0907. The molecule has 0 radical (unpaired) electrons. The minimum Gasteiger partial charge on any atom is -0.423 e. The molecule has 2 aromatic heterocycles. The molecule has 0 atom stereocenters. The van der Waals surface area contributed by atoms with Gasteiger partial charge in [-0.2, -0.15) is 0 Å². The molecule has 0 unspecified atom stereocenters. The summed E-state index contributed by atoms with van der Waals surface area (Å²) in [5.74, 6) is 0. The first-order valence-electron chi connectivity index (χ1n) is 6.76. The molecule has 0 aliphatic heterocycles. The van der Waals surface area contributed by atoms with Crippen LogP contribution in [0.3, 0.4) is 0 Å². The molecular formula is C16H13BN2O3. The quantitative estimate of drug-likeness (QED) is 0.692. The summed E-state index contributed by atoms with van der Waals surface area (Å²) in [4.78, 5) is 16.7. The first-order chi connectivity index (χ1) is 10.7. The second-order valence-corrected chi connectivity index (χ2v) is 4.78. The maximum Gasteiger partial charge on any atom is 0.494 e. The molecule has 6 heteroatoms. The molecular weight excluding hydrogens is 279 g/mol. The fourth-order valence-corrected chi connectivity index (χ4v) is 2.24. The Morgan fingerprint density at radius 1 is 1.00 bits per heavy atom. The molecule has 108 valence electrons. The minimum atomic E-state index is -1.84. The topological polar surface area (TPSA) is 75.3 Å². The van der Waals surface area contributed by atoms with E-state index in [9.17, 15) is 14.8 Å². The Morgan fingerprint density at radius 3 is 2.36 bits per heavy atom. The Morgan fingerprint density at radius 2 is 1.73 bits per heavy atom. The van der Waals surface area contributed by atoms with Gasteiger partial charge in [0.05, 0.1) is 5.69 Å². The lowest BCUT2D eigenvalue weighted by molar-refractivity contribution is 0.425. The van der Waals surface area contributed by atoms with Crippen LogP contribution in [0.4, 0.5) is 0 Å². The first kappa shape index (κ1) is 14.3. The van der Waals surface area contributed by atoms with E-state index >= 15 is 0 Å². The van der Waals surface area contributed by atoms with E-state index in [1.807, 2.05) is 24.3 Å². The zero-order valence-corrected chi connectivity index (χ0v) is 11.6. The average Bonchev–Trinajstić information content (AvgIpc) is 2.56. The highest BCUT2D eigenvalue weighted by atomic mass is 16.4. The van der Waals surface area contributed by atoms with Crippen molar-refractivity contribution in [2.75, 3.05) is 0 Å². The maximum atomic E-state index is 12.4. The normalized spacial score (nSPS) is 10.5. The van der Waals surface area contributed by atoms with E-state index in [2.05, 4.69) is 4.98 Å². The van der Waals surface area contributed by atoms with Crippen LogP contribution in [0.15, 0.2) is 71.8 Å². The molecule has 0 aliphatic rings. The fourth-order valence-electron chi connectivity index (χ4n) is 2.24. The van der Waals surface area contributed by atoms with E-state index in [0.29, 0.717) is 16.9 Å². The van der Waals surface area contributed by atoms with Crippen molar-refractivity contribution in [2.24, 2.45) is 0 Å². The highest BCUT2D eigenvalue weighted by Crippen LogP contribution is 2.15. The van der Waals surface area contributed by atoms with E-state index in [0.717, 1.165) is 0 Å². The van der Waals surface area contributed by atoms with Gasteiger partial charge in [-0.25, -0.2) is 0 Å². The van der Waals surface area contributed by atoms with Gasteiger partial charge in [0.2, 0.25) is 0 Å². The highest BCUT2D eigenvalue weighted by molar-refractivity contribution is 6.58. The van der Waals surface area contributed by atoms with Crippen LogP contribution in [0.2, 0.25) is 0 Å². The SMILES string of the molecule is O=c1c(B(O)O)cc(-c2ccccn2)cn1-c1ccccc1. The van der Waals surface area contributed by atoms with Gasteiger partial charge in [0.15, 0.2) is 0 Å². The van der Waals surface area contributed by atoms with Crippen molar-refractivity contribution in [1.29, 1.82) is 0 Å². The van der Waals surface area contributed by atoms with Crippen LogP contribution in [-0.4, -0.2) is 26.7 Å². The molecule has 0 fully saturated rings. The molecule has 2 heterocycles. The molecule has 2 N–H and O–H groups in total. The molecule has 0 aliphatic carbocycles. The molecule has 0 bridgehead atoms. The first-order valence-corrected chi connectivity index (χ1v) is 6.76. The molecule has 3 aromatic rings. The van der Waals surface area contributed by atoms with Crippen LogP contribution in [0, 0.1) is 0 Å². The number of nitrogens with zero attached hydrogens (tertiary/aromatic N) is 2. The van der Waals surface area contributed by atoms with Gasteiger partial charge in [0, 0.05) is 29.1 Å². The summed E-state index contributed by atoms with van der Waals surface area (Å²) in [5, 5.41) is 18.9. The summed E-state index contributed by atoms with van der Waals surface area (Å²) in [6.45, 7) is 0. The van der Waals surface area contributed by atoms with Crippen LogP contribution in [0.5, 0.6) is 0 Å². The van der Waals surface area contributed by atoms with Gasteiger partial charge in [-0.1, -0.05) is 24.3 Å². The van der Waals surface area contributed by atoms with E-state index in [1.54, 1.807) is 36.7 Å². The number of para-hydroxylation sites is 1. The number of rotatable bonds is 3. The van der Waals surface area contributed by atoms with Crippen LogP contribution < -0.4 is 11.0 Å². The number of benzene rings is 1. The van der Waals surface area contributed by atoms with Gasteiger partial charge in [-0.15, -0.1) is 0 Å². The lowest BCUT2D eigenvalue weighted by Crippen LogP contribution is -2.45. The zero-order chi connectivity index (χ0) is 15.5. The van der Waals surface area contributed by atoms with Crippen molar-refractivity contribution in [3.63, 3.8) is 0 Å². The molecule has 5 nitrogen and oxygen atoms in total. The van der Waals surface area contributed by atoms with E-state index in [4.69, 9.17) is 0 Å². The maximum absolute atomic E-state index is 12.4. The van der Waals surface area contributed by atoms with Crippen LogP contribution >= 0.6 is 0 Å². The number of hydrogen-bond acceptors (Lipinski definition) is 4. The molecule has 3 rings (SSSR count). The molecule has 1 aromatic carbocycles. The van der Waals surface area contributed by atoms with E-state index in [-0.39, 0.29) is 5.46 Å². The van der Waals surface area contributed by atoms with Crippen LogP contribution in [-0.2, 0) is 0 Å². The Hall–Kier alpha value is -2.70. The highest BCUT2D eigenvalue weighted by Gasteiger charge is 2.19. The monoisotopic (exact) mass is 292 g/mol. The lowest BCUT2D eigenvalue weighted by atomic mass is 9.80. The van der Waals surface area contributed by atoms with Gasteiger partial charge in [-0.05, 0) is 30.3 Å². The summed E-state index contributed by atoms with van der Waals surface area (Å²) in [6.07, 6.45) is 3.29. The summed E-state index contributed by atoms with van der Waals surface area (Å²) in [6, 6.07) is 15.9. The fraction of sp³-hybridized carbons (Fsp3) is 0. The van der Waals surface area contributed by atoms with Crippen molar-refractivity contribution < 1.29 is 10.0 Å². The van der Waals surface area contributed by atoms with Crippen molar-refractivity contribution in [1.82, 2.24) is 9.55 Å². The largest absolute Gasteiger partial charge is 0.494 e. The zero-order valence-electron chi connectivity index (χ0n) is 11.6. The van der Waals surface area contributed by atoms with Crippen LogP contribution in [0.25, 0.3) is 16.9 Å². The Labute approximate surface area is 127 Å². The second kappa shape index (κ2) is 5.97. The van der Waals surface area contributed by atoms with Crippen LogP contribution in [0.1, 0.15) is 0 Å². The third-order valence-corrected chi connectivity index (χ3v) is 3.32. The Kier molecular flexibility index (Phi) is 3.87. The Balaban J connectivity index is 2.26. The standard InChI is InChI=1S/C16H13BN2O3/c20-16-14(17(21)22)10-12(15-8-4-5-9-18-15)11-19(16)13-6-2-1-3-7-13/h1-11,21-22H.